The third kappa shape index (κ3) is 3.76. The predicted molar refractivity (Wildman–Crippen MR) is 88.3 cm³/mol. The summed E-state index contributed by atoms with van der Waals surface area (Å²) in [6.45, 7) is 2.15. The largest absolute Gasteiger partial charge is 0.478 e. The minimum absolute atomic E-state index is 0.0298. The number of rotatable bonds is 4. The average molecular weight is 329 g/mol. The molecule has 24 heavy (non-hydrogen) atoms. The van der Waals surface area contributed by atoms with Crippen LogP contribution in [0.1, 0.15) is 28.9 Å². The summed E-state index contributed by atoms with van der Waals surface area (Å²) in [4.78, 5) is 22.4. The van der Waals surface area contributed by atoms with Crippen molar-refractivity contribution >= 4 is 5.97 Å². The van der Waals surface area contributed by atoms with Crippen LogP contribution in [-0.4, -0.2) is 46.1 Å². The number of aromatic nitrogens is 2. The molecule has 0 amide bonds. The highest BCUT2D eigenvalue weighted by atomic mass is 19.1. The van der Waals surface area contributed by atoms with Gasteiger partial charge in [-0.1, -0.05) is 0 Å². The van der Waals surface area contributed by atoms with E-state index in [2.05, 4.69) is 21.9 Å². The van der Waals surface area contributed by atoms with E-state index in [9.17, 15) is 14.3 Å². The molecule has 2 aromatic rings. The molecule has 1 N–H and O–H groups in total. The van der Waals surface area contributed by atoms with Crippen LogP contribution in [0.3, 0.4) is 0 Å². The van der Waals surface area contributed by atoms with Crippen LogP contribution in [0.4, 0.5) is 4.39 Å². The Kier molecular flexibility index (Phi) is 4.85. The number of carboxylic acid groups (broad SMARTS) is 1. The Morgan fingerprint density at radius 3 is 2.79 bits per heavy atom. The molecule has 1 aromatic heterocycles. The van der Waals surface area contributed by atoms with Gasteiger partial charge in [0, 0.05) is 11.8 Å². The first-order chi connectivity index (χ1) is 11.5. The number of nitrogens with zero attached hydrogens (tertiary/aromatic N) is 3. The van der Waals surface area contributed by atoms with E-state index in [1.54, 1.807) is 6.20 Å². The zero-order valence-corrected chi connectivity index (χ0v) is 13.6. The van der Waals surface area contributed by atoms with Gasteiger partial charge in [-0.15, -0.1) is 0 Å². The van der Waals surface area contributed by atoms with Crippen LogP contribution in [0.5, 0.6) is 0 Å². The van der Waals surface area contributed by atoms with Gasteiger partial charge in [0.15, 0.2) is 0 Å². The average Bonchev–Trinajstić information content (AvgIpc) is 2.57. The summed E-state index contributed by atoms with van der Waals surface area (Å²) in [5.41, 5.74) is 1.52. The molecule has 0 spiro atoms. The Morgan fingerprint density at radius 2 is 2.08 bits per heavy atom. The smallest absolute Gasteiger partial charge is 0.336 e. The van der Waals surface area contributed by atoms with Crippen molar-refractivity contribution in [1.29, 1.82) is 0 Å². The fourth-order valence-corrected chi connectivity index (χ4v) is 3.11. The van der Waals surface area contributed by atoms with Crippen LogP contribution in [0, 0.1) is 11.7 Å². The van der Waals surface area contributed by atoms with Gasteiger partial charge in [0.05, 0.1) is 23.1 Å². The maximum absolute atomic E-state index is 13.6. The molecule has 0 unspecified atom stereocenters. The summed E-state index contributed by atoms with van der Waals surface area (Å²) >= 11 is 0. The zero-order chi connectivity index (χ0) is 17.1. The molecule has 2 heterocycles. The van der Waals surface area contributed by atoms with Crippen LogP contribution in [-0.2, 0) is 6.42 Å². The van der Waals surface area contributed by atoms with Crippen molar-refractivity contribution in [3.05, 3.63) is 47.7 Å². The van der Waals surface area contributed by atoms with Gasteiger partial charge in [0.1, 0.15) is 5.82 Å². The van der Waals surface area contributed by atoms with E-state index < -0.39 is 11.8 Å². The Morgan fingerprint density at radius 1 is 1.33 bits per heavy atom. The highest BCUT2D eigenvalue weighted by Crippen LogP contribution is 2.25. The van der Waals surface area contributed by atoms with Crippen LogP contribution in [0.2, 0.25) is 0 Å². The molecular weight excluding hydrogens is 309 g/mol. The van der Waals surface area contributed by atoms with E-state index in [1.165, 1.54) is 18.3 Å². The second-order valence-corrected chi connectivity index (χ2v) is 6.34. The van der Waals surface area contributed by atoms with E-state index in [0.29, 0.717) is 11.6 Å². The maximum Gasteiger partial charge on any atom is 0.336 e. The number of benzene rings is 1. The summed E-state index contributed by atoms with van der Waals surface area (Å²) in [7, 11) is 2.12. The van der Waals surface area contributed by atoms with Gasteiger partial charge < -0.3 is 10.0 Å². The van der Waals surface area contributed by atoms with E-state index >= 15 is 0 Å². The molecule has 126 valence electrons. The number of likely N-dealkylation sites (tertiary alicyclic amines) is 1. The fourth-order valence-electron chi connectivity index (χ4n) is 3.11. The SMILES string of the molecule is CN1CCC(Cc2cncc(-c3cc(F)ccc3C(=O)O)n2)CC1. The molecule has 0 saturated carbocycles. The molecule has 1 fully saturated rings. The van der Waals surface area contributed by atoms with Crippen LogP contribution < -0.4 is 0 Å². The van der Waals surface area contributed by atoms with Gasteiger partial charge in [-0.25, -0.2) is 14.2 Å². The van der Waals surface area contributed by atoms with E-state index in [4.69, 9.17) is 0 Å². The molecule has 0 bridgehead atoms. The normalized spacial score (nSPS) is 16.2. The second kappa shape index (κ2) is 7.05. The lowest BCUT2D eigenvalue weighted by molar-refractivity contribution is 0.0697. The molecular formula is C18H20FN3O2. The molecule has 0 atom stereocenters. The summed E-state index contributed by atoms with van der Waals surface area (Å²) in [5, 5.41) is 9.30. The van der Waals surface area contributed by atoms with Crippen molar-refractivity contribution in [2.24, 2.45) is 5.92 Å². The molecule has 1 aromatic carbocycles. The van der Waals surface area contributed by atoms with Crippen molar-refractivity contribution in [2.75, 3.05) is 20.1 Å². The Bertz CT molecular complexity index is 743. The van der Waals surface area contributed by atoms with Crippen molar-refractivity contribution in [2.45, 2.75) is 19.3 Å². The highest BCUT2D eigenvalue weighted by Gasteiger charge is 2.19. The fraction of sp³-hybridized carbons (Fsp3) is 0.389. The molecule has 1 aliphatic rings. The lowest BCUT2D eigenvalue weighted by Crippen LogP contribution is -2.31. The topological polar surface area (TPSA) is 66.3 Å². The van der Waals surface area contributed by atoms with Crippen LogP contribution >= 0.6 is 0 Å². The quantitative estimate of drug-likeness (QED) is 0.934. The minimum Gasteiger partial charge on any atom is -0.478 e. The minimum atomic E-state index is -1.10. The predicted octanol–water partition coefficient (Wildman–Crippen LogP) is 2.87. The van der Waals surface area contributed by atoms with E-state index in [1.807, 2.05) is 0 Å². The first-order valence-electron chi connectivity index (χ1n) is 8.05. The highest BCUT2D eigenvalue weighted by molar-refractivity contribution is 5.95. The number of piperidine rings is 1. The van der Waals surface area contributed by atoms with E-state index in [0.717, 1.165) is 44.1 Å². The lowest BCUT2D eigenvalue weighted by Gasteiger charge is -2.28. The van der Waals surface area contributed by atoms with Crippen molar-refractivity contribution in [3.8, 4) is 11.3 Å². The first-order valence-corrected chi connectivity index (χ1v) is 8.05. The maximum atomic E-state index is 13.6. The molecule has 3 rings (SSSR count). The van der Waals surface area contributed by atoms with Crippen molar-refractivity contribution < 1.29 is 14.3 Å². The number of halogens is 1. The number of hydrogen-bond donors (Lipinski definition) is 1. The zero-order valence-electron chi connectivity index (χ0n) is 13.6. The summed E-state index contributed by atoms with van der Waals surface area (Å²) in [5.74, 6) is -1.04. The molecule has 1 saturated heterocycles. The van der Waals surface area contributed by atoms with Gasteiger partial charge in [0.2, 0.25) is 0 Å². The first kappa shape index (κ1) is 16.5. The van der Waals surface area contributed by atoms with Crippen molar-refractivity contribution in [1.82, 2.24) is 14.9 Å². The second-order valence-electron chi connectivity index (χ2n) is 6.34. The summed E-state index contributed by atoms with van der Waals surface area (Å²) < 4.78 is 13.6. The van der Waals surface area contributed by atoms with Gasteiger partial charge >= 0.3 is 5.97 Å². The molecule has 0 radical (unpaired) electrons. The van der Waals surface area contributed by atoms with Gasteiger partial charge in [0.25, 0.3) is 0 Å². The van der Waals surface area contributed by atoms with Gasteiger partial charge in [-0.2, -0.15) is 0 Å². The monoisotopic (exact) mass is 329 g/mol. The summed E-state index contributed by atoms with van der Waals surface area (Å²) in [6.07, 6.45) is 6.23. The number of carboxylic acids is 1. The molecule has 1 aliphatic heterocycles. The standard InChI is InChI=1S/C18H20FN3O2/c1-22-6-4-12(5-7-22)8-14-10-20-11-17(21-14)16-9-13(19)2-3-15(16)18(23)24/h2-3,9-12H,4-8H2,1H3,(H,23,24). The Balaban J connectivity index is 1.86. The molecule has 5 nitrogen and oxygen atoms in total. The van der Waals surface area contributed by atoms with Crippen molar-refractivity contribution in [3.63, 3.8) is 0 Å². The molecule has 0 aliphatic carbocycles. The van der Waals surface area contributed by atoms with E-state index in [-0.39, 0.29) is 11.1 Å². The Labute approximate surface area is 140 Å². The third-order valence-corrected chi connectivity index (χ3v) is 4.51. The number of aromatic carboxylic acids is 1. The number of carbonyl (C=O) groups is 1. The van der Waals surface area contributed by atoms with Gasteiger partial charge in [-0.05, 0) is 63.5 Å². The summed E-state index contributed by atoms with van der Waals surface area (Å²) in [6, 6.07) is 3.61. The third-order valence-electron chi connectivity index (χ3n) is 4.51. The lowest BCUT2D eigenvalue weighted by atomic mass is 9.92. The van der Waals surface area contributed by atoms with Crippen LogP contribution in [0.15, 0.2) is 30.6 Å². The molecule has 6 heteroatoms. The number of hydrogen-bond acceptors (Lipinski definition) is 4. The van der Waals surface area contributed by atoms with Gasteiger partial charge in [-0.3, -0.25) is 4.98 Å². The Hall–Kier alpha value is -2.34. The van der Waals surface area contributed by atoms with Crippen LogP contribution in [0.25, 0.3) is 11.3 Å².